The number of carboxylic acid groups (broad SMARTS) is 1. The Bertz CT molecular complexity index is 845. The monoisotopic (exact) mass is 325 g/mol. The van der Waals surface area contributed by atoms with E-state index in [0.717, 1.165) is 0 Å². The number of aliphatic carboxylic acids is 1. The van der Waals surface area contributed by atoms with Crippen LogP contribution in [-0.2, 0) is 4.79 Å². The zero-order valence-electron chi connectivity index (χ0n) is 12.4. The largest absolute Gasteiger partial charge is 0.546 e. The van der Waals surface area contributed by atoms with Crippen molar-refractivity contribution in [1.29, 1.82) is 0 Å². The number of aromatic nitrogens is 2. The quantitative estimate of drug-likeness (QED) is 0.714. The molecule has 0 aliphatic heterocycles. The topological polar surface area (TPSA) is 108 Å². The van der Waals surface area contributed by atoms with Crippen LogP contribution < -0.4 is 14.6 Å². The van der Waals surface area contributed by atoms with Crippen molar-refractivity contribution in [1.82, 2.24) is 10.2 Å². The maximum Gasteiger partial charge on any atom is 0.173 e. The number of rotatable bonds is 6. The summed E-state index contributed by atoms with van der Waals surface area (Å²) in [6, 6.07) is 13.6. The molecule has 24 heavy (non-hydrogen) atoms. The number of ether oxygens (including phenoxy) is 2. The highest BCUT2D eigenvalue weighted by molar-refractivity contribution is 5.73. The van der Waals surface area contributed by atoms with Crippen LogP contribution in [0.3, 0.4) is 0 Å². The second-order valence-electron chi connectivity index (χ2n) is 4.86. The van der Waals surface area contributed by atoms with E-state index in [1.807, 2.05) is 18.2 Å². The predicted molar refractivity (Wildman–Crippen MR) is 82.7 cm³/mol. The van der Waals surface area contributed by atoms with Crippen molar-refractivity contribution < 1.29 is 24.5 Å². The Labute approximate surface area is 137 Å². The number of carbonyl (C=O) groups is 1. The first kappa shape index (κ1) is 15.4. The lowest BCUT2D eigenvalue weighted by molar-refractivity contribution is -0.307. The minimum atomic E-state index is -1.34. The summed E-state index contributed by atoms with van der Waals surface area (Å²) in [6.07, 6.45) is 1.50. The molecule has 3 rings (SSSR count). The van der Waals surface area contributed by atoms with E-state index in [9.17, 15) is 15.0 Å². The van der Waals surface area contributed by atoms with Gasteiger partial charge in [-0.2, -0.15) is 5.10 Å². The third-order valence-electron chi connectivity index (χ3n) is 3.17. The van der Waals surface area contributed by atoms with Crippen LogP contribution in [0.5, 0.6) is 23.0 Å². The molecule has 3 aromatic rings. The highest BCUT2D eigenvalue weighted by atomic mass is 16.5. The first-order valence-electron chi connectivity index (χ1n) is 7.06. The summed E-state index contributed by atoms with van der Waals surface area (Å²) in [5.41, 5.74) is 0.932. The van der Waals surface area contributed by atoms with Gasteiger partial charge in [0.1, 0.15) is 29.5 Å². The molecule has 7 heteroatoms. The lowest BCUT2D eigenvalue weighted by Gasteiger charge is -2.10. The van der Waals surface area contributed by atoms with Crippen molar-refractivity contribution in [2.75, 3.05) is 6.61 Å². The van der Waals surface area contributed by atoms with Crippen LogP contribution in [0, 0.1) is 0 Å². The molecule has 1 aromatic heterocycles. The van der Waals surface area contributed by atoms with Gasteiger partial charge in [-0.1, -0.05) is 18.2 Å². The number of aromatic hydroxyl groups is 1. The van der Waals surface area contributed by atoms with E-state index in [2.05, 4.69) is 10.2 Å². The Hall–Kier alpha value is -3.48. The summed E-state index contributed by atoms with van der Waals surface area (Å²) >= 11 is 0. The second kappa shape index (κ2) is 6.74. The van der Waals surface area contributed by atoms with E-state index < -0.39 is 12.6 Å². The van der Waals surface area contributed by atoms with Gasteiger partial charge in [0, 0.05) is 11.6 Å². The van der Waals surface area contributed by atoms with Crippen LogP contribution in [-0.4, -0.2) is 27.9 Å². The van der Waals surface area contributed by atoms with Gasteiger partial charge in [-0.25, -0.2) is 0 Å². The Kier molecular flexibility index (Phi) is 4.33. The number of aromatic amines is 1. The summed E-state index contributed by atoms with van der Waals surface area (Å²) in [5.74, 6) is -0.155. The van der Waals surface area contributed by atoms with Gasteiger partial charge >= 0.3 is 0 Å². The summed E-state index contributed by atoms with van der Waals surface area (Å²) < 4.78 is 10.7. The van der Waals surface area contributed by atoms with Crippen molar-refractivity contribution in [3.05, 3.63) is 54.7 Å². The molecule has 0 fully saturated rings. The average molecular weight is 325 g/mol. The number of carbonyl (C=O) groups excluding carboxylic acids is 1. The van der Waals surface area contributed by atoms with Crippen LogP contribution in [0.15, 0.2) is 54.7 Å². The number of benzene rings is 2. The molecule has 2 aromatic carbocycles. The predicted octanol–water partition coefficient (Wildman–Crippen LogP) is 1.70. The zero-order chi connectivity index (χ0) is 16.9. The number of H-pyrrole nitrogens is 1. The molecule has 0 aliphatic rings. The number of nitrogens with zero attached hydrogens (tertiary/aromatic N) is 1. The number of hydrogen-bond acceptors (Lipinski definition) is 6. The van der Waals surface area contributed by atoms with Gasteiger partial charge in [0.15, 0.2) is 5.75 Å². The molecule has 0 saturated heterocycles. The smallest absolute Gasteiger partial charge is 0.173 e. The Morgan fingerprint density at radius 1 is 1.17 bits per heavy atom. The molecule has 0 saturated carbocycles. The fourth-order valence-electron chi connectivity index (χ4n) is 2.12. The molecule has 7 nitrogen and oxygen atoms in total. The fraction of sp³-hybridized carbons (Fsp3) is 0.0588. The van der Waals surface area contributed by atoms with Gasteiger partial charge in [0.2, 0.25) is 0 Å². The van der Waals surface area contributed by atoms with Crippen LogP contribution >= 0.6 is 0 Å². The summed E-state index contributed by atoms with van der Waals surface area (Å²) in [7, 11) is 0. The third-order valence-corrected chi connectivity index (χ3v) is 3.17. The summed E-state index contributed by atoms with van der Waals surface area (Å²) in [5, 5.41) is 27.3. The van der Waals surface area contributed by atoms with E-state index in [4.69, 9.17) is 9.47 Å². The molecule has 0 spiro atoms. The van der Waals surface area contributed by atoms with Gasteiger partial charge in [0.25, 0.3) is 0 Å². The standard InChI is InChI=1S/C17H14N2O5/c20-14-8-12(23-10-16(21)22)6-7-13(14)17-15(9-18-19-17)24-11-4-2-1-3-5-11/h1-9,20H,10H2,(H,18,19)(H,21,22)/p-1. The molecule has 0 aliphatic carbocycles. The number of carboxylic acids is 1. The molecule has 1 heterocycles. The first-order chi connectivity index (χ1) is 11.6. The van der Waals surface area contributed by atoms with Gasteiger partial charge in [-0.05, 0) is 24.3 Å². The van der Waals surface area contributed by atoms with E-state index in [1.54, 1.807) is 18.2 Å². The van der Waals surface area contributed by atoms with Gasteiger partial charge in [-0.3, -0.25) is 5.10 Å². The Morgan fingerprint density at radius 3 is 2.67 bits per heavy atom. The summed E-state index contributed by atoms with van der Waals surface area (Å²) in [4.78, 5) is 10.4. The molecule has 2 N–H and O–H groups in total. The highest BCUT2D eigenvalue weighted by Crippen LogP contribution is 2.37. The Balaban J connectivity index is 1.85. The zero-order valence-corrected chi connectivity index (χ0v) is 12.4. The first-order valence-corrected chi connectivity index (χ1v) is 7.06. The number of phenolic OH excluding ortho intramolecular Hbond substituents is 1. The van der Waals surface area contributed by atoms with Crippen LogP contribution in [0.4, 0.5) is 0 Å². The highest BCUT2D eigenvalue weighted by Gasteiger charge is 2.14. The fourth-order valence-corrected chi connectivity index (χ4v) is 2.12. The van der Waals surface area contributed by atoms with Crippen molar-refractivity contribution >= 4 is 5.97 Å². The number of hydrogen-bond donors (Lipinski definition) is 2. The lowest BCUT2D eigenvalue weighted by atomic mass is 10.1. The molecular weight excluding hydrogens is 312 g/mol. The van der Waals surface area contributed by atoms with Crippen molar-refractivity contribution in [3.8, 4) is 34.3 Å². The van der Waals surface area contributed by atoms with E-state index >= 15 is 0 Å². The molecular formula is C17H13N2O5-. The Morgan fingerprint density at radius 2 is 1.96 bits per heavy atom. The maximum atomic E-state index is 10.4. The van der Waals surface area contributed by atoms with Gasteiger partial charge in [0.05, 0.1) is 12.2 Å². The average Bonchev–Trinajstić information content (AvgIpc) is 3.02. The van der Waals surface area contributed by atoms with Crippen molar-refractivity contribution in [3.63, 3.8) is 0 Å². The molecule has 0 bridgehead atoms. The van der Waals surface area contributed by atoms with Crippen LogP contribution in [0.2, 0.25) is 0 Å². The van der Waals surface area contributed by atoms with Gasteiger partial charge in [-0.15, -0.1) is 0 Å². The number of phenols is 1. The third kappa shape index (κ3) is 3.46. The maximum absolute atomic E-state index is 10.4. The number of para-hydroxylation sites is 1. The van der Waals surface area contributed by atoms with E-state index in [0.29, 0.717) is 22.8 Å². The minimum absolute atomic E-state index is 0.104. The summed E-state index contributed by atoms with van der Waals surface area (Å²) in [6.45, 7) is -0.592. The molecule has 0 unspecified atom stereocenters. The van der Waals surface area contributed by atoms with Crippen molar-refractivity contribution in [2.24, 2.45) is 0 Å². The minimum Gasteiger partial charge on any atom is -0.546 e. The van der Waals surface area contributed by atoms with Crippen LogP contribution in [0.25, 0.3) is 11.3 Å². The van der Waals surface area contributed by atoms with Gasteiger partial charge < -0.3 is 24.5 Å². The van der Waals surface area contributed by atoms with E-state index in [1.165, 1.54) is 18.3 Å². The molecule has 0 atom stereocenters. The SMILES string of the molecule is O=C([O-])COc1ccc(-c2[nH]ncc2Oc2ccccc2)c(O)c1. The molecule has 122 valence electrons. The lowest BCUT2D eigenvalue weighted by Crippen LogP contribution is -2.28. The second-order valence-corrected chi connectivity index (χ2v) is 4.86. The van der Waals surface area contributed by atoms with Crippen molar-refractivity contribution in [2.45, 2.75) is 0 Å². The number of nitrogens with one attached hydrogen (secondary N) is 1. The molecule has 0 radical (unpaired) electrons. The van der Waals surface area contributed by atoms with E-state index in [-0.39, 0.29) is 11.5 Å². The molecule has 0 amide bonds. The normalized spacial score (nSPS) is 10.3. The van der Waals surface area contributed by atoms with Crippen LogP contribution in [0.1, 0.15) is 0 Å².